The van der Waals surface area contributed by atoms with Crippen LogP contribution in [0.2, 0.25) is 0 Å². The van der Waals surface area contributed by atoms with Gasteiger partial charge in [0.05, 0.1) is 5.18 Å². The average Bonchev–Trinajstić information content (AvgIpc) is 2.49. The molecular formula is C15H13NO4. The van der Waals surface area contributed by atoms with Crippen LogP contribution in [0.25, 0.3) is 10.8 Å². The van der Waals surface area contributed by atoms with Crippen molar-refractivity contribution < 1.29 is 14.3 Å². The van der Waals surface area contributed by atoms with Crippen molar-refractivity contribution in [1.29, 1.82) is 0 Å². The predicted molar refractivity (Wildman–Crippen MR) is 75.6 cm³/mol. The molecule has 0 aromatic heterocycles. The van der Waals surface area contributed by atoms with Gasteiger partial charge in [0.1, 0.15) is 19.0 Å². The highest BCUT2D eigenvalue weighted by molar-refractivity contribution is 5.85. The highest BCUT2D eigenvalue weighted by Gasteiger charge is 2.09. The minimum atomic E-state index is -1.15. The Bertz CT molecular complexity index is 651. The van der Waals surface area contributed by atoms with Crippen molar-refractivity contribution in [3.8, 4) is 5.75 Å². The quantitative estimate of drug-likeness (QED) is 0.612. The van der Waals surface area contributed by atoms with E-state index in [-0.39, 0.29) is 6.61 Å². The van der Waals surface area contributed by atoms with Gasteiger partial charge in [-0.05, 0) is 22.9 Å². The number of fused-ring (bicyclic) bond motifs is 1. The van der Waals surface area contributed by atoms with Gasteiger partial charge in [-0.25, -0.2) is 4.79 Å². The second-order valence-electron chi connectivity index (χ2n) is 4.05. The fourth-order valence-corrected chi connectivity index (χ4v) is 1.83. The number of nitroso groups, excluding NO2 is 1. The van der Waals surface area contributed by atoms with Crippen LogP contribution in [0.5, 0.6) is 5.75 Å². The zero-order valence-electron chi connectivity index (χ0n) is 10.7. The first-order chi connectivity index (χ1) is 9.74. The molecule has 0 saturated carbocycles. The van der Waals surface area contributed by atoms with Gasteiger partial charge in [0.15, 0.2) is 0 Å². The second kappa shape index (κ2) is 6.47. The SMILES string of the molecule is C=CCOc1cc2ccccc2cc1COC(=O)N=O. The van der Waals surface area contributed by atoms with Gasteiger partial charge < -0.3 is 9.47 Å². The lowest BCUT2D eigenvalue weighted by Crippen LogP contribution is -2.02. The highest BCUT2D eigenvalue weighted by atomic mass is 16.6. The number of rotatable bonds is 5. The fourth-order valence-electron chi connectivity index (χ4n) is 1.83. The molecule has 0 bridgehead atoms. The molecule has 2 rings (SSSR count). The van der Waals surface area contributed by atoms with Crippen LogP contribution in [0, 0.1) is 4.91 Å². The van der Waals surface area contributed by atoms with Gasteiger partial charge in [0.2, 0.25) is 0 Å². The Labute approximate surface area is 115 Å². The molecule has 5 nitrogen and oxygen atoms in total. The summed E-state index contributed by atoms with van der Waals surface area (Å²) in [4.78, 5) is 20.8. The molecule has 0 aliphatic carbocycles. The molecule has 0 spiro atoms. The Balaban J connectivity index is 2.34. The van der Waals surface area contributed by atoms with Gasteiger partial charge in [-0.1, -0.05) is 36.9 Å². The van der Waals surface area contributed by atoms with Crippen LogP contribution in [0.4, 0.5) is 4.79 Å². The van der Waals surface area contributed by atoms with E-state index in [0.717, 1.165) is 10.8 Å². The van der Waals surface area contributed by atoms with Gasteiger partial charge >= 0.3 is 6.09 Å². The Hall–Kier alpha value is -2.69. The summed E-state index contributed by atoms with van der Waals surface area (Å²) in [5.41, 5.74) is 0.669. The van der Waals surface area contributed by atoms with Gasteiger partial charge in [-0.15, -0.1) is 4.91 Å². The standard InChI is InChI=1S/C15H13NO4/c1-2-7-19-14-9-12-6-4-3-5-11(12)8-13(14)10-20-15(17)16-18/h2-6,8-9H,1,7,10H2. The smallest absolute Gasteiger partial charge is 0.470 e. The summed E-state index contributed by atoms with van der Waals surface area (Å²) in [6.45, 7) is 3.86. The molecule has 2 aromatic carbocycles. The Kier molecular flexibility index (Phi) is 4.44. The molecule has 20 heavy (non-hydrogen) atoms. The lowest BCUT2D eigenvalue weighted by Gasteiger charge is -2.11. The van der Waals surface area contributed by atoms with Crippen LogP contribution in [-0.4, -0.2) is 12.7 Å². The molecule has 0 unspecified atom stereocenters. The normalized spacial score (nSPS) is 10.0. The fraction of sp³-hybridized carbons (Fsp3) is 0.133. The number of amides is 1. The number of nitrogens with zero attached hydrogens (tertiary/aromatic N) is 1. The number of benzene rings is 2. The lowest BCUT2D eigenvalue weighted by atomic mass is 10.1. The molecule has 5 heteroatoms. The third kappa shape index (κ3) is 3.20. The molecular weight excluding hydrogens is 258 g/mol. The van der Waals surface area contributed by atoms with E-state index in [0.29, 0.717) is 17.9 Å². The summed E-state index contributed by atoms with van der Waals surface area (Å²) in [7, 11) is 0. The molecule has 0 atom stereocenters. The van der Waals surface area contributed by atoms with Crippen LogP contribution in [0.1, 0.15) is 5.56 Å². The van der Waals surface area contributed by atoms with E-state index in [1.165, 1.54) is 0 Å². The average molecular weight is 271 g/mol. The Morgan fingerprint density at radius 3 is 2.60 bits per heavy atom. The van der Waals surface area contributed by atoms with E-state index in [2.05, 4.69) is 11.8 Å². The minimum Gasteiger partial charge on any atom is -0.489 e. The van der Waals surface area contributed by atoms with Crippen molar-refractivity contribution in [1.82, 2.24) is 0 Å². The second-order valence-corrected chi connectivity index (χ2v) is 4.05. The van der Waals surface area contributed by atoms with Crippen LogP contribution in [-0.2, 0) is 11.3 Å². The number of carbonyl (C=O) groups is 1. The van der Waals surface area contributed by atoms with Crippen molar-refractivity contribution in [3.05, 3.63) is 59.5 Å². The molecule has 0 saturated heterocycles. The topological polar surface area (TPSA) is 65.0 Å². The molecule has 0 radical (unpaired) electrons. The number of ether oxygens (including phenoxy) is 2. The molecule has 0 aliphatic rings. The monoisotopic (exact) mass is 271 g/mol. The summed E-state index contributed by atoms with van der Waals surface area (Å²) in [6, 6.07) is 11.4. The minimum absolute atomic E-state index is 0.0676. The predicted octanol–water partition coefficient (Wildman–Crippen LogP) is 3.81. The van der Waals surface area contributed by atoms with E-state index in [1.807, 2.05) is 36.4 Å². The first kappa shape index (κ1) is 13.7. The van der Waals surface area contributed by atoms with E-state index in [9.17, 15) is 9.70 Å². The number of carbonyl (C=O) groups excluding carboxylic acids is 1. The summed E-state index contributed by atoms with van der Waals surface area (Å²) >= 11 is 0. The zero-order chi connectivity index (χ0) is 14.4. The van der Waals surface area contributed by atoms with Gasteiger partial charge in [0, 0.05) is 5.56 Å². The van der Waals surface area contributed by atoms with Crippen molar-refractivity contribution >= 4 is 16.9 Å². The molecule has 1 amide bonds. The van der Waals surface area contributed by atoms with Crippen molar-refractivity contribution in [2.75, 3.05) is 6.61 Å². The maximum Gasteiger partial charge on any atom is 0.470 e. The maximum absolute atomic E-state index is 10.8. The summed E-state index contributed by atoms with van der Waals surface area (Å²) in [6.07, 6.45) is 0.477. The van der Waals surface area contributed by atoms with Crippen molar-refractivity contribution in [3.63, 3.8) is 0 Å². The van der Waals surface area contributed by atoms with Crippen LogP contribution in [0.3, 0.4) is 0 Å². The molecule has 102 valence electrons. The Morgan fingerprint density at radius 1 is 1.25 bits per heavy atom. The summed E-state index contributed by atoms with van der Waals surface area (Å²) in [5, 5.41) is 4.19. The van der Waals surface area contributed by atoms with Gasteiger partial charge in [-0.2, -0.15) is 0 Å². The largest absolute Gasteiger partial charge is 0.489 e. The third-order valence-electron chi connectivity index (χ3n) is 2.71. The number of hydrogen-bond donors (Lipinski definition) is 0. The maximum atomic E-state index is 10.8. The number of hydrogen-bond acceptors (Lipinski definition) is 4. The summed E-state index contributed by atoms with van der Waals surface area (Å²) < 4.78 is 10.3. The first-order valence-corrected chi connectivity index (χ1v) is 6.00. The third-order valence-corrected chi connectivity index (χ3v) is 2.71. The van der Waals surface area contributed by atoms with E-state index >= 15 is 0 Å². The molecule has 0 N–H and O–H groups in total. The molecule has 0 aliphatic heterocycles. The van der Waals surface area contributed by atoms with Crippen LogP contribution in [0.15, 0.2) is 54.2 Å². The zero-order valence-corrected chi connectivity index (χ0v) is 10.7. The van der Waals surface area contributed by atoms with Crippen molar-refractivity contribution in [2.45, 2.75) is 6.61 Å². The van der Waals surface area contributed by atoms with Gasteiger partial charge in [-0.3, -0.25) is 0 Å². The molecule has 2 aromatic rings. The van der Waals surface area contributed by atoms with Crippen molar-refractivity contribution in [2.24, 2.45) is 5.18 Å². The first-order valence-electron chi connectivity index (χ1n) is 6.00. The van der Waals surface area contributed by atoms with E-state index < -0.39 is 6.09 Å². The Morgan fingerprint density at radius 2 is 1.95 bits per heavy atom. The highest BCUT2D eigenvalue weighted by Crippen LogP contribution is 2.27. The van der Waals surface area contributed by atoms with Crippen LogP contribution < -0.4 is 4.74 Å². The lowest BCUT2D eigenvalue weighted by molar-refractivity contribution is 0.149. The molecule has 0 heterocycles. The summed E-state index contributed by atoms with van der Waals surface area (Å²) in [5.74, 6) is 0.585. The molecule has 0 fully saturated rings. The van der Waals surface area contributed by atoms with Gasteiger partial charge in [0.25, 0.3) is 0 Å². The van der Waals surface area contributed by atoms with E-state index in [4.69, 9.17) is 9.47 Å². The van der Waals surface area contributed by atoms with E-state index in [1.54, 1.807) is 6.08 Å². The van der Waals surface area contributed by atoms with Crippen LogP contribution >= 0.6 is 0 Å².